The predicted molar refractivity (Wildman–Crippen MR) is 114 cm³/mol. The van der Waals surface area contributed by atoms with Gasteiger partial charge in [0.25, 0.3) is 0 Å². The number of amides is 1. The van der Waals surface area contributed by atoms with Gasteiger partial charge in [-0.1, -0.05) is 37.5 Å². The maximum Gasteiger partial charge on any atom is 0.225 e. The molecule has 1 aliphatic heterocycles. The highest BCUT2D eigenvalue weighted by atomic mass is 32.2. The van der Waals surface area contributed by atoms with E-state index < -0.39 is 9.84 Å². The van der Waals surface area contributed by atoms with Crippen LogP contribution in [0.15, 0.2) is 64.4 Å². The number of piperazine rings is 1. The highest BCUT2D eigenvalue weighted by Crippen LogP contribution is 2.27. The molecule has 1 amide bonds. The fraction of sp³-hybridized carbons (Fsp3) is 0.435. The number of carbonyl (C=O) groups excluding carboxylic acids is 1. The SMILES string of the molecule is O=C(C1CCCCC1)N1CCN(c2ccc(S(=O)(=O)c3ccccc3)cc2)CC1. The van der Waals surface area contributed by atoms with Gasteiger partial charge in [0.2, 0.25) is 15.7 Å². The molecule has 1 aliphatic carbocycles. The van der Waals surface area contributed by atoms with Crippen LogP contribution in [-0.4, -0.2) is 45.4 Å². The summed E-state index contributed by atoms with van der Waals surface area (Å²) in [5.41, 5.74) is 1.00. The van der Waals surface area contributed by atoms with E-state index in [4.69, 9.17) is 0 Å². The first-order valence-electron chi connectivity index (χ1n) is 10.5. The first-order chi connectivity index (χ1) is 14.1. The van der Waals surface area contributed by atoms with Gasteiger partial charge in [-0.15, -0.1) is 0 Å². The maximum atomic E-state index is 12.7. The normalized spacial score (nSPS) is 18.6. The first-order valence-corrected chi connectivity index (χ1v) is 12.0. The molecule has 5 nitrogen and oxygen atoms in total. The van der Waals surface area contributed by atoms with E-state index in [9.17, 15) is 13.2 Å². The number of sulfone groups is 1. The second-order valence-corrected chi connectivity index (χ2v) is 9.91. The van der Waals surface area contributed by atoms with Gasteiger partial charge in [0.15, 0.2) is 0 Å². The van der Waals surface area contributed by atoms with Crippen molar-refractivity contribution in [2.45, 2.75) is 41.9 Å². The van der Waals surface area contributed by atoms with Crippen LogP contribution in [0.2, 0.25) is 0 Å². The molecule has 2 aliphatic rings. The number of carbonyl (C=O) groups is 1. The van der Waals surface area contributed by atoms with Crippen molar-refractivity contribution in [3.63, 3.8) is 0 Å². The molecule has 0 spiro atoms. The first kappa shape index (κ1) is 20.0. The van der Waals surface area contributed by atoms with Gasteiger partial charge in [0.1, 0.15) is 0 Å². The summed E-state index contributed by atoms with van der Waals surface area (Å²) in [6.45, 7) is 3.03. The Labute approximate surface area is 173 Å². The average molecular weight is 413 g/mol. The lowest BCUT2D eigenvalue weighted by Crippen LogP contribution is -2.50. The summed E-state index contributed by atoms with van der Waals surface area (Å²) < 4.78 is 25.5. The van der Waals surface area contributed by atoms with E-state index in [1.165, 1.54) is 19.3 Å². The van der Waals surface area contributed by atoms with Gasteiger partial charge in [-0.05, 0) is 49.2 Å². The van der Waals surface area contributed by atoms with E-state index in [1.54, 1.807) is 42.5 Å². The predicted octanol–water partition coefficient (Wildman–Crippen LogP) is 3.75. The van der Waals surface area contributed by atoms with E-state index in [2.05, 4.69) is 4.90 Å². The van der Waals surface area contributed by atoms with E-state index in [0.29, 0.717) is 15.7 Å². The van der Waals surface area contributed by atoms with Crippen molar-refractivity contribution in [1.29, 1.82) is 0 Å². The summed E-state index contributed by atoms with van der Waals surface area (Å²) in [6.07, 6.45) is 5.68. The van der Waals surface area contributed by atoms with E-state index >= 15 is 0 Å². The molecular weight excluding hydrogens is 384 g/mol. The van der Waals surface area contributed by atoms with E-state index in [-0.39, 0.29) is 5.92 Å². The molecular formula is C23H28N2O3S. The Morgan fingerprint density at radius 3 is 1.97 bits per heavy atom. The molecule has 0 unspecified atom stereocenters. The number of rotatable bonds is 4. The lowest BCUT2D eigenvalue weighted by molar-refractivity contribution is -0.136. The standard InChI is InChI=1S/C23H28N2O3S/c26-23(19-7-3-1-4-8-19)25-17-15-24(16-18-25)20-11-13-22(14-12-20)29(27,28)21-9-5-2-6-10-21/h2,5-6,9-14,19H,1,3-4,7-8,15-18H2. The number of nitrogens with zero attached hydrogens (tertiary/aromatic N) is 2. The van der Waals surface area contributed by atoms with E-state index in [0.717, 1.165) is 44.7 Å². The number of anilines is 1. The van der Waals surface area contributed by atoms with Crippen LogP contribution >= 0.6 is 0 Å². The zero-order chi connectivity index (χ0) is 20.3. The fourth-order valence-corrected chi connectivity index (χ4v) is 5.65. The molecule has 1 saturated carbocycles. The molecule has 0 aromatic heterocycles. The monoisotopic (exact) mass is 412 g/mol. The molecule has 0 atom stereocenters. The molecule has 0 bridgehead atoms. The Morgan fingerprint density at radius 2 is 1.34 bits per heavy atom. The van der Waals surface area contributed by atoms with Crippen molar-refractivity contribution < 1.29 is 13.2 Å². The highest BCUT2D eigenvalue weighted by Gasteiger charge is 2.28. The summed E-state index contributed by atoms with van der Waals surface area (Å²) in [4.78, 5) is 17.6. The Balaban J connectivity index is 1.39. The van der Waals surface area contributed by atoms with Crippen LogP contribution in [0.1, 0.15) is 32.1 Å². The average Bonchev–Trinajstić information content (AvgIpc) is 2.80. The van der Waals surface area contributed by atoms with Crippen molar-refractivity contribution >= 4 is 21.4 Å². The van der Waals surface area contributed by atoms with Crippen LogP contribution in [0.5, 0.6) is 0 Å². The number of benzene rings is 2. The Kier molecular flexibility index (Phi) is 5.90. The Morgan fingerprint density at radius 1 is 0.759 bits per heavy atom. The van der Waals surface area contributed by atoms with Gasteiger partial charge in [0.05, 0.1) is 9.79 Å². The third-order valence-corrected chi connectivity index (χ3v) is 7.90. The van der Waals surface area contributed by atoms with Crippen LogP contribution in [0.4, 0.5) is 5.69 Å². The highest BCUT2D eigenvalue weighted by molar-refractivity contribution is 7.91. The zero-order valence-corrected chi connectivity index (χ0v) is 17.5. The van der Waals surface area contributed by atoms with Crippen molar-refractivity contribution in [3.8, 4) is 0 Å². The van der Waals surface area contributed by atoms with Gasteiger partial charge < -0.3 is 9.80 Å². The van der Waals surface area contributed by atoms with Gasteiger partial charge in [-0.25, -0.2) is 8.42 Å². The molecule has 154 valence electrons. The smallest absolute Gasteiger partial charge is 0.225 e. The topological polar surface area (TPSA) is 57.7 Å². The summed E-state index contributed by atoms with van der Waals surface area (Å²) >= 11 is 0. The van der Waals surface area contributed by atoms with Gasteiger partial charge in [-0.2, -0.15) is 0 Å². The summed E-state index contributed by atoms with van der Waals surface area (Å²) in [7, 11) is -3.49. The molecule has 2 aromatic rings. The fourth-order valence-electron chi connectivity index (χ4n) is 4.36. The Hall–Kier alpha value is -2.34. The molecule has 0 radical (unpaired) electrons. The van der Waals surface area contributed by atoms with Crippen molar-refractivity contribution in [2.24, 2.45) is 5.92 Å². The lowest BCUT2D eigenvalue weighted by atomic mass is 9.88. The van der Waals surface area contributed by atoms with Crippen LogP contribution in [-0.2, 0) is 14.6 Å². The van der Waals surface area contributed by atoms with Crippen molar-refractivity contribution in [1.82, 2.24) is 4.90 Å². The van der Waals surface area contributed by atoms with Crippen LogP contribution in [0.3, 0.4) is 0 Å². The Bertz CT molecular complexity index is 928. The lowest BCUT2D eigenvalue weighted by Gasteiger charge is -2.38. The van der Waals surface area contributed by atoms with Crippen molar-refractivity contribution in [3.05, 3.63) is 54.6 Å². The van der Waals surface area contributed by atoms with Crippen LogP contribution in [0.25, 0.3) is 0 Å². The molecule has 29 heavy (non-hydrogen) atoms. The molecule has 1 heterocycles. The second kappa shape index (κ2) is 8.57. The van der Waals surface area contributed by atoms with Crippen LogP contribution < -0.4 is 4.90 Å². The third kappa shape index (κ3) is 4.32. The van der Waals surface area contributed by atoms with Crippen molar-refractivity contribution in [2.75, 3.05) is 31.1 Å². The number of hydrogen-bond donors (Lipinski definition) is 0. The molecule has 1 saturated heterocycles. The van der Waals surface area contributed by atoms with E-state index in [1.807, 2.05) is 17.0 Å². The van der Waals surface area contributed by atoms with Crippen LogP contribution in [0, 0.1) is 5.92 Å². The zero-order valence-electron chi connectivity index (χ0n) is 16.7. The second-order valence-electron chi connectivity index (χ2n) is 7.96. The van der Waals surface area contributed by atoms with Gasteiger partial charge in [-0.3, -0.25) is 4.79 Å². The maximum absolute atomic E-state index is 12.7. The summed E-state index contributed by atoms with van der Waals surface area (Å²) in [5.74, 6) is 0.548. The summed E-state index contributed by atoms with van der Waals surface area (Å²) in [5, 5.41) is 0. The minimum absolute atomic E-state index is 0.220. The minimum Gasteiger partial charge on any atom is -0.368 e. The molecule has 6 heteroatoms. The molecule has 2 aromatic carbocycles. The minimum atomic E-state index is -3.49. The third-order valence-electron chi connectivity index (χ3n) is 6.11. The molecule has 2 fully saturated rings. The number of hydrogen-bond acceptors (Lipinski definition) is 4. The van der Waals surface area contributed by atoms with Gasteiger partial charge in [0, 0.05) is 37.8 Å². The summed E-state index contributed by atoms with van der Waals surface area (Å²) in [6, 6.07) is 15.6. The molecule has 0 N–H and O–H groups in total. The van der Waals surface area contributed by atoms with Gasteiger partial charge >= 0.3 is 0 Å². The quantitative estimate of drug-likeness (QED) is 0.767. The molecule has 4 rings (SSSR count). The largest absolute Gasteiger partial charge is 0.368 e.